The van der Waals surface area contributed by atoms with Crippen LogP contribution >= 0.6 is 0 Å². The Labute approximate surface area is 144 Å². The van der Waals surface area contributed by atoms with Gasteiger partial charge in [0.25, 0.3) is 11.7 Å². The zero-order valence-electron chi connectivity index (χ0n) is 13.2. The standard InChI is InChI=1S/C19H14N2O4/c22-17-16-14(8-4-10-15(16)21-18(17)23)9-5-11-20-19(24)25-12-13-6-2-1-3-7-13/h1-4,6-8,10H,11-12H2,(H,20,24)(H,21,22,23). The van der Waals surface area contributed by atoms with Crippen molar-refractivity contribution in [1.82, 2.24) is 5.32 Å². The summed E-state index contributed by atoms with van der Waals surface area (Å²) in [4.78, 5) is 34.8. The number of rotatable bonds is 3. The van der Waals surface area contributed by atoms with Gasteiger partial charge in [-0.15, -0.1) is 0 Å². The zero-order valence-corrected chi connectivity index (χ0v) is 13.2. The lowest BCUT2D eigenvalue weighted by atomic mass is 10.0. The summed E-state index contributed by atoms with van der Waals surface area (Å²) < 4.78 is 5.06. The molecule has 0 unspecified atom stereocenters. The maximum Gasteiger partial charge on any atom is 0.408 e. The van der Waals surface area contributed by atoms with Crippen LogP contribution in [0.1, 0.15) is 21.5 Å². The van der Waals surface area contributed by atoms with E-state index in [0.29, 0.717) is 11.3 Å². The quantitative estimate of drug-likeness (QED) is 0.665. The monoisotopic (exact) mass is 334 g/mol. The van der Waals surface area contributed by atoms with E-state index in [9.17, 15) is 14.4 Å². The van der Waals surface area contributed by atoms with E-state index in [1.165, 1.54) is 0 Å². The van der Waals surface area contributed by atoms with Gasteiger partial charge in [-0.2, -0.15) is 0 Å². The number of fused-ring (bicyclic) bond motifs is 1. The van der Waals surface area contributed by atoms with Gasteiger partial charge in [0.2, 0.25) is 0 Å². The molecule has 0 spiro atoms. The first-order valence-corrected chi connectivity index (χ1v) is 7.57. The van der Waals surface area contributed by atoms with E-state index in [1.807, 2.05) is 30.3 Å². The summed E-state index contributed by atoms with van der Waals surface area (Å²) in [6.07, 6.45) is -0.579. The third-order valence-electron chi connectivity index (χ3n) is 3.50. The SMILES string of the molecule is O=C(NCC#Cc1cccc2c1C(=O)C(=O)N2)OCc1ccccc1. The van der Waals surface area contributed by atoms with Gasteiger partial charge in [-0.05, 0) is 17.7 Å². The van der Waals surface area contributed by atoms with Crippen molar-refractivity contribution in [3.63, 3.8) is 0 Å². The molecule has 0 saturated heterocycles. The summed E-state index contributed by atoms with van der Waals surface area (Å²) in [5.41, 5.74) is 2.06. The Morgan fingerprint density at radius 2 is 1.88 bits per heavy atom. The Morgan fingerprint density at radius 3 is 2.68 bits per heavy atom. The minimum Gasteiger partial charge on any atom is -0.445 e. The van der Waals surface area contributed by atoms with E-state index in [4.69, 9.17) is 4.74 Å². The second-order valence-corrected chi connectivity index (χ2v) is 5.23. The van der Waals surface area contributed by atoms with Crippen molar-refractivity contribution >= 4 is 23.5 Å². The number of ketones is 1. The van der Waals surface area contributed by atoms with Gasteiger partial charge in [0, 0.05) is 5.56 Å². The van der Waals surface area contributed by atoms with Crippen LogP contribution in [0.5, 0.6) is 0 Å². The molecule has 6 nitrogen and oxygen atoms in total. The number of benzene rings is 2. The van der Waals surface area contributed by atoms with Gasteiger partial charge in [-0.1, -0.05) is 48.2 Å². The van der Waals surface area contributed by atoms with Gasteiger partial charge in [0.1, 0.15) is 6.61 Å². The fourth-order valence-corrected chi connectivity index (χ4v) is 2.33. The third-order valence-corrected chi connectivity index (χ3v) is 3.50. The fourth-order valence-electron chi connectivity index (χ4n) is 2.33. The van der Waals surface area contributed by atoms with Crippen LogP contribution in [-0.2, 0) is 16.1 Å². The van der Waals surface area contributed by atoms with Crippen LogP contribution in [0.2, 0.25) is 0 Å². The number of ether oxygens (including phenoxy) is 1. The largest absolute Gasteiger partial charge is 0.445 e. The third kappa shape index (κ3) is 3.85. The summed E-state index contributed by atoms with van der Waals surface area (Å²) in [6, 6.07) is 14.3. The van der Waals surface area contributed by atoms with Crippen LogP contribution < -0.4 is 10.6 Å². The first-order valence-electron chi connectivity index (χ1n) is 7.57. The number of hydrogen-bond donors (Lipinski definition) is 2. The molecule has 124 valence electrons. The van der Waals surface area contributed by atoms with E-state index in [0.717, 1.165) is 5.56 Å². The summed E-state index contributed by atoms with van der Waals surface area (Å²) in [5.74, 6) is 4.27. The number of amides is 2. The minimum absolute atomic E-state index is 0.0624. The van der Waals surface area contributed by atoms with Crippen LogP contribution in [-0.4, -0.2) is 24.3 Å². The Morgan fingerprint density at radius 1 is 1.08 bits per heavy atom. The smallest absolute Gasteiger partial charge is 0.408 e. The van der Waals surface area contributed by atoms with Gasteiger partial charge in [0.15, 0.2) is 0 Å². The highest BCUT2D eigenvalue weighted by Gasteiger charge is 2.29. The molecule has 2 aromatic carbocycles. The average Bonchev–Trinajstić information content (AvgIpc) is 2.93. The molecule has 2 amide bonds. The molecule has 0 fully saturated rings. The van der Waals surface area contributed by atoms with Crippen molar-refractivity contribution < 1.29 is 19.1 Å². The van der Waals surface area contributed by atoms with Gasteiger partial charge in [0.05, 0.1) is 17.8 Å². The molecule has 2 N–H and O–H groups in total. The van der Waals surface area contributed by atoms with E-state index in [1.54, 1.807) is 18.2 Å². The van der Waals surface area contributed by atoms with Crippen molar-refractivity contribution in [2.75, 3.05) is 11.9 Å². The fraction of sp³-hybridized carbons (Fsp3) is 0.105. The topological polar surface area (TPSA) is 84.5 Å². The van der Waals surface area contributed by atoms with E-state index in [2.05, 4.69) is 22.5 Å². The summed E-state index contributed by atoms with van der Waals surface area (Å²) in [6.45, 7) is 0.238. The van der Waals surface area contributed by atoms with Gasteiger partial charge in [-0.3, -0.25) is 9.59 Å². The van der Waals surface area contributed by atoms with Crippen molar-refractivity contribution in [1.29, 1.82) is 0 Å². The number of nitrogens with one attached hydrogen (secondary N) is 2. The Kier molecular flexibility index (Phi) is 4.77. The molecule has 0 radical (unpaired) electrons. The van der Waals surface area contributed by atoms with Crippen molar-refractivity contribution in [3.05, 3.63) is 65.2 Å². The highest BCUT2D eigenvalue weighted by Crippen LogP contribution is 2.25. The van der Waals surface area contributed by atoms with Crippen LogP contribution in [0.15, 0.2) is 48.5 Å². The second-order valence-electron chi connectivity index (χ2n) is 5.23. The van der Waals surface area contributed by atoms with Gasteiger partial charge >= 0.3 is 6.09 Å². The van der Waals surface area contributed by atoms with Crippen molar-refractivity contribution in [3.8, 4) is 11.8 Å². The van der Waals surface area contributed by atoms with Crippen LogP contribution in [0, 0.1) is 11.8 Å². The number of anilines is 1. The molecule has 6 heteroatoms. The van der Waals surface area contributed by atoms with Crippen LogP contribution in [0.3, 0.4) is 0 Å². The molecule has 2 aromatic rings. The molecule has 0 aliphatic carbocycles. The van der Waals surface area contributed by atoms with E-state index >= 15 is 0 Å². The molecule has 25 heavy (non-hydrogen) atoms. The molecule has 0 atom stereocenters. The molecule has 1 aliphatic heterocycles. The maximum absolute atomic E-state index is 11.8. The summed E-state index contributed by atoms with van der Waals surface area (Å²) in [7, 11) is 0. The lowest BCUT2D eigenvalue weighted by Gasteiger charge is -2.04. The van der Waals surface area contributed by atoms with Crippen LogP contribution in [0.4, 0.5) is 10.5 Å². The molecule has 1 heterocycles. The van der Waals surface area contributed by atoms with Gasteiger partial charge < -0.3 is 15.4 Å². The summed E-state index contributed by atoms with van der Waals surface area (Å²) >= 11 is 0. The molecular weight excluding hydrogens is 320 g/mol. The first kappa shape index (κ1) is 16.3. The average molecular weight is 334 g/mol. The number of hydrogen-bond acceptors (Lipinski definition) is 4. The minimum atomic E-state index is -0.660. The van der Waals surface area contributed by atoms with Gasteiger partial charge in [-0.25, -0.2) is 4.79 Å². The predicted octanol–water partition coefficient (Wildman–Crippen LogP) is 2.10. The lowest BCUT2D eigenvalue weighted by molar-refractivity contribution is -0.112. The first-order chi connectivity index (χ1) is 12.1. The highest BCUT2D eigenvalue weighted by atomic mass is 16.5. The van der Waals surface area contributed by atoms with Crippen molar-refractivity contribution in [2.45, 2.75) is 6.61 Å². The molecule has 1 aliphatic rings. The second kappa shape index (κ2) is 7.32. The molecule has 0 aromatic heterocycles. The molecular formula is C19H14N2O4. The number of carbonyl (C=O) groups is 3. The Balaban J connectivity index is 1.54. The Bertz CT molecular complexity index is 895. The Hall–Kier alpha value is -3.59. The molecule has 0 bridgehead atoms. The van der Waals surface area contributed by atoms with E-state index < -0.39 is 17.8 Å². The van der Waals surface area contributed by atoms with E-state index in [-0.39, 0.29) is 18.7 Å². The predicted molar refractivity (Wildman–Crippen MR) is 90.9 cm³/mol. The molecule has 0 saturated carbocycles. The number of alkyl carbamates (subject to hydrolysis) is 1. The number of carbonyl (C=O) groups excluding carboxylic acids is 3. The normalized spacial score (nSPS) is 11.8. The lowest BCUT2D eigenvalue weighted by Crippen LogP contribution is -2.24. The highest BCUT2D eigenvalue weighted by molar-refractivity contribution is 6.52. The maximum atomic E-state index is 11.8. The van der Waals surface area contributed by atoms with Crippen LogP contribution in [0.25, 0.3) is 0 Å². The zero-order chi connectivity index (χ0) is 17.6. The van der Waals surface area contributed by atoms with Crippen molar-refractivity contribution in [2.24, 2.45) is 0 Å². The summed E-state index contributed by atoms with van der Waals surface area (Å²) in [5, 5.41) is 4.99. The number of Topliss-reactive ketones (excluding diaryl/α,β-unsaturated/α-hetero) is 1. The molecule has 3 rings (SSSR count).